The van der Waals surface area contributed by atoms with Crippen LogP contribution in [0.25, 0.3) is 11.4 Å². The lowest BCUT2D eigenvalue weighted by atomic mass is 9.76. The van der Waals surface area contributed by atoms with Gasteiger partial charge >= 0.3 is 0 Å². The van der Waals surface area contributed by atoms with Gasteiger partial charge in [0.25, 0.3) is 10.3 Å². The number of hydrogen-bond donors (Lipinski definition) is 0. The van der Waals surface area contributed by atoms with Crippen LogP contribution in [-0.2, 0) is 19.7 Å². The van der Waals surface area contributed by atoms with E-state index in [9.17, 15) is 16.8 Å². The monoisotopic (exact) mass is 804 g/mol. The van der Waals surface area contributed by atoms with E-state index in [1.165, 1.54) is 9.36 Å². The third-order valence-corrected chi connectivity index (χ3v) is 14.9. The van der Waals surface area contributed by atoms with Gasteiger partial charge in [0, 0.05) is 36.3 Å². The fraction of sp³-hybridized carbons (Fsp3) is 0.353. The van der Waals surface area contributed by atoms with E-state index in [0.29, 0.717) is 23.2 Å². The van der Waals surface area contributed by atoms with Crippen molar-refractivity contribution in [2.24, 2.45) is 23.7 Å². The minimum absolute atomic E-state index is 0.0566. The molecule has 0 unspecified atom stereocenters. The largest absolute Gasteiger partial charge is 0.272 e. The van der Waals surface area contributed by atoms with E-state index < -0.39 is 19.7 Å². The molecule has 0 radical (unpaired) electrons. The van der Waals surface area contributed by atoms with E-state index >= 15 is 0 Å². The zero-order valence-corrected chi connectivity index (χ0v) is 32.1. The van der Waals surface area contributed by atoms with Crippen molar-refractivity contribution in [3.8, 4) is 11.4 Å². The Balaban J connectivity index is 0.000000167. The van der Waals surface area contributed by atoms with Crippen LogP contribution in [0.2, 0.25) is 0 Å². The molecule has 2 aromatic carbocycles. The second kappa shape index (κ2) is 17.2. The second-order valence-electron chi connectivity index (χ2n) is 12.9. The van der Waals surface area contributed by atoms with Gasteiger partial charge in [-0.25, -0.2) is 36.8 Å². The van der Waals surface area contributed by atoms with Gasteiger partial charge in [-0.05, 0) is 107 Å². The second-order valence-corrected chi connectivity index (χ2v) is 18.7. The summed E-state index contributed by atoms with van der Waals surface area (Å²) in [5.74, 6) is 2.60. The number of hydrogen-bond acceptors (Lipinski definition) is 16. The highest BCUT2D eigenvalue weighted by molar-refractivity contribution is 7.99. The molecule has 0 bridgehead atoms. The molecule has 0 aliphatic heterocycles. The topological polar surface area (TPSA) is 207 Å². The molecule has 54 heavy (non-hydrogen) atoms. The summed E-state index contributed by atoms with van der Waals surface area (Å²) in [6, 6.07) is 21.6. The first-order valence-electron chi connectivity index (χ1n) is 17.2. The Morgan fingerprint density at radius 1 is 0.519 bits per heavy atom. The third-order valence-electron chi connectivity index (χ3n) is 9.39. The molecular formula is C34H36N12O4S4. The Labute approximate surface area is 320 Å². The first-order valence-corrected chi connectivity index (χ1v) is 22.5. The zero-order chi connectivity index (χ0) is 37.4. The van der Waals surface area contributed by atoms with Crippen LogP contribution in [-0.4, -0.2) is 100 Å². The lowest BCUT2D eigenvalue weighted by Crippen LogP contribution is -2.34. The molecule has 0 amide bonds. The molecule has 16 nitrogen and oxygen atoms in total. The van der Waals surface area contributed by atoms with Gasteiger partial charge in [0.15, 0.2) is 10.3 Å². The van der Waals surface area contributed by atoms with Gasteiger partial charge < -0.3 is 0 Å². The number of aromatic nitrogens is 12. The standard InChI is InChI=1S/2C17H18N6O2S2/c2*24-27(25,17-20-21-22-23(17)15-5-2-1-3-6-15)12-14-8-7-13(14)11-26-16-18-9-4-10-19-16/h2*1-6,9-10,13-14H,7-8,11-12H2/t2*13-,14-/m10/s1. The fourth-order valence-corrected chi connectivity index (χ4v) is 11.7. The predicted molar refractivity (Wildman–Crippen MR) is 200 cm³/mol. The Hall–Kier alpha value is -4.66. The summed E-state index contributed by atoms with van der Waals surface area (Å²) >= 11 is 3.14. The minimum Gasteiger partial charge on any atom is -0.231 e. The number of benzene rings is 2. The lowest BCUT2D eigenvalue weighted by Gasteiger charge is -2.35. The van der Waals surface area contributed by atoms with E-state index in [1.807, 2.05) is 36.4 Å². The molecule has 0 N–H and O–H groups in total. The summed E-state index contributed by atoms with van der Waals surface area (Å²) in [5, 5.41) is 23.7. The SMILES string of the molecule is O=S(=O)(C[C@@H]1CC[C@H]1CSc1ncccn1)c1nnnn1-c1ccccc1.O=S(=O)(C[C@H]1CC[C@@H]1CSc1ncccn1)c1nnnn1-c1ccccc1. The fourth-order valence-electron chi connectivity index (χ4n) is 6.16. The van der Waals surface area contributed by atoms with Crippen LogP contribution < -0.4 is 0 Å². The minimum atomic E-state index is -3.59. The number of thioether (sulfide) groups is 2. The summed E-state index contributed by atoms with van der Waals surface area (Å²) < 4.78 is 54.2. The van der Waals surface area contributed by atoms with E-state index in [0.717, 1.165) is 47.5 Å². The number of rotatable bonds is 14. The molecule has 8 rings (SSSR count). The van der Waals surface area contributed by atoms with Crippen molar-refractivity contribution in [3.63, 3.8) is 0 Å². The smallest absolute Gasteiger partial charge is 0.231 e. The Morgan fingerprint density at radius 2 is 0.889 bits per heavy atom. The van der Waals surface area contributed by atoms with Gasteiger partial charge in [0.05, 0.1) is 22.9 Å². The maximum Gasteiger partial charge on any atom is 0.272 e. The molecule has 2 aliphatic rings. The van der Waals surface area contributed by atoms with Crippen molar-refractivity contribution in [3.05, 3.63) is 97.6 Å². The Bertz CT molecular complexity index is 2150. The summed E-state index contributed by atoms with van der Waals surface area (Å²) in [5.41, 5.74) is 1.26. The summed E-state index contributed by atoms with van der Waals surface area (Å²) in [7, 11) is -7.17. The first kappa shape index (κ1) is 37.6. The van der Waals surface area contributed by atoms with Crippen molar-refractivity contribution in [2.75, 3.05) is 23.0 Å². The lowest BCUT2D eigenvalue weighted by molar-refractivity contribution is 0.226. The Morgan fingerprint density at radius 3 is 1.24 bits per heavy atom. The Kier molecular flexibility index (Phi) is 12.0. The van der Waals surface area contributed by atoms with E-state index in [2.05, 4.69) is 51.0 Å². The van der Waals surface area contributed by atoms with Crippen molar-refractivity contribution in [1.82, 2.24) is 60.4 Å². The molecule has 4 atom stereocenters. The molecule has 0 saturated heterocycles. The highest BCUT2D eigenvalue weighted by Crippen LogP contribution is 2.40. The van der Waals surface area contributed by atoms with Crippen LogP contribution >= 0.6 is 23.5 Å². The molecule has 20 heteroatoms. The van der Waals surface area contributed by atoms with Crippen LogP contribution in [0.1, 0.15) is 25.7 Å². The molecule has 4 aromatic heterocycles. The number of tetrazole rings is 2. The van der Waals surface area contributed by atoms with Crippen molar-refractivity contribution < 1.29 is 16.8 Å². The molecule has 2 saturated carbocycles. The van der Waals surface area contributed by atoms with Gasteiger partial charge in [-0.2, -0.15) is 9.36 Å². The average Bonchev–Trinajstić information content (AvgIpc) is 3.90. The first-order chi connectivity index (χ1) is 26.3. The average molecular weight is 805 g/mol. The van der Waals surface area contributed by atoms with Gasteiger partial charge in [0.2, 0.25) is 19.7 Å². The van der Waals surface area contributed by atoms with Crippen molar-refractivity contribution in [2.45, 2.75) is 46.3 Å². The molecule has 280 valence electrons. The molecule has 6 aromatic rings. The summed E-state index contributed by atoms with van der Waals surface area (Å²) in [6.07, 6.45) is 10.7. The van der Waals surface area contributed by atoms with Gasteiger partial charge in [-0.3, -0.25) is 0 Å². The van der Waals surface area contributed by atoms with E-state index in [-0.39, 0.29) is 33.7 Å². The van der Waals surface area contributed by atoms with Crippen LogP contribution in [0.5, 0.6) is 0 Å². The molecule has 0 spiro atoms. The molecule has 4 heterocycles. The van der Waals surface area contributed by atoms with Crippen molar-refractivity contribution >= 4 is 43.2 Å². The number of nitrogens with zero attached hydrogens (tertiary/aromatic N) is 12. The normalized spacial score (nSPS) is 19.6. The zero-order valence-electron chi connectivity index (χ0n) is 28.8. The summed E-state index contributed by atoms with van der Waals surface area (Å²) in [4.78, 5) is 16.8. The van der Waals surface area contributed by atoms with E-state index in [4.69, 9.17) is 0 Å². The maximum absolute atomic E-state index is 12.9. The maximum atomic E-state index is 12.9. The molecule has 2 fully saturated rings. The van der Waals surface area contributed by atoms with Gasteiger partial charge in [-0.1, -0.05) is 70.1 Å². The quantitative estimate of drug-likeness (QED) is 0.112. The molecule has 2 aliphatic carbocycles. The van der Waals surface area contributed by atoms with Crippen LogP contribution in [0, 0.1) is 23.7 Å². The highest BCUT2D eigenvalue weighted by Gasteiger charge is 2.38. The van der Waals surface area contributed by atoms with Crippen LogP contribution in [0.4, 0.5) is 0 Å². The highest BCUT2D eigenvalue weighted by atomic mass is 32.2. The van der Waals surface area contributed by atoms with Crippen LogP contribution in [0.3, 0.4) is 0 Å². The van der Waals surface area contributed by atoms with Gasteiger partial charge in [0.1, 0.15) is 0 Å². The molecular weight excluding hydrogens is 769 g/mol. The van der Waals surface area contributed by atoms with Crippen molar-refractivity contribution in [1.29, 1.82) is 0 Å². The number of para-hydroxylation sites is 2. The van der Waals surface area contributed by atoms with Gasteiger partial charge in [-0.15, -0.1) is 0 Å². The van der Waals surface area contributed by atoms with E-state index in [1.54, 1.807) is 84.7 Å². The summed E-state index contributed by atoms with van der Waals surface area (Å²) in [6.45, 7) is 0. The predicted octanol–water partition coefficient (Wildman–Crippen LogP) is 4.09. The van der Waals surface area contributed by atoms with Crippen LogP contribution in [0.15, 0.2) is 118 Å². The third kappa shape index (κ3) is 9.16. The number of sulfone groups is 2.